The highest BCUT2D eigenvalue weighted by Gasteiger charge is 2.17. The summed E-state index contributed by atoms with van der Waals surface area (Å²) in [5.74, 6) is 1.37. The molecule has 0 heterocycles. The molecular weight excluding hydrogens is 346 g/mol. The first kappa shape index (κ1) is 20.9. The summed E-state index contributed by atoms with van der Waals surface area (Å²) in [6.45, 7) is 0.910. The molecule has 1 saturated carbocycles. The Morgan fingerprint density at radius 3 is 2.52 bits per heavy atom. The largest absolute Gasteiger partial charge is 0.493 e. The van der Waals surface area contributed by atoms with Gasteiger partial charge >= 0.3 is 6.03 Å². The molecule has 0 atom stereocenters. The lowest BCUT2D eigenvalue weighted by molar-refractivity contribution is -0.121. The fraction of sp³-hybridized carbons (Fsp3) is 0.600. The first-order valence-electron chi connectivity index (χ1n) is 9.52. The molecule has 0 aliphatic heterocycles. The minimum Gasteiger partial charge on any atom is -0.493 e. The summed E-state index contributed by atoms with van der Waals surface area (Å²) in [4.78, 5) is 25.6. The number of methoxy groups -OCH3 is 2. The monoisotopic (exact) mass is 377 g/mol. The van der Waals surface area contributed by atoms with Gasteiger partial charge in [0.05, 0.1) is 14.2 Å². The van der Waals surface area contributed by atoms with E-state index in [-0.39, 0.29) is 11.9 Å². The highest BCUT2D eigenvalue weighted by atomic mass is 16.5. The zero-order chi connectivity index (χ0) is 19.6. The summed E-state index contributed by atoms with van der Waals surface area (Å²) < 4.78 is 10.5. The zero-order valence-corrected chi connectivity index (χ0v) is 16.5. The van der Waals surface area contributed by atoms with Gasteiger partial charge in [-0.05, 0) is 37.0 Å². The van der Waals surface area contributed by atoms with Crippen LogP contribution in [0, 0.1) is 0 Å². The first-order chi connectivity index (χ1) is 13.0. The summed E-state index contributed by atoms with van der Waals surface area (Å²) in [5.41, 5.74) is 1.06. The van der Waals surface area contributed by atoms with Crippen molar-refractivity contribution in [2.75, 3.05) is 34.4 Å². The number of hydrogen-bond donors (Lipinski definition) is 2. The second-order valence-corrected chi connectivity index (χ2v) is 6.89. The highest BCUT2D eigenvalue weighted by Crippen LogP contribution is 2.27. The van der Waals surface area contributed by atoms with Gasteiger partial charge in [0.1, 0.15) is 0 Å². The van der Waals surface area contributed by atoms with Crippen molar-refractivity contribution < 1.29 is 19.1 Å². The van der Waals surface area contributed by atoms with E-state index in [1.807, 2.05) is 18.2 Å². The highest BCUT2D eigenvalue weighted by molar-refractivity contribution is 5.78. The van der Waals surface area contributed by atoms with Gasteiger partial charge in [-0.15, -0.1) is 0 Å². The van der Waals surface area contributed by atoms with Gasteiger partial charge in [-0.1, -0.05) is 18.9 Å². The number of carbonyl (C=O) groups is 2. The molecule has 27 heavy (non-hydrogen) atoms. The van der Waals surface area contributed by atoms with Crippen LogP contribution in [-0.2, 0) is 11.2 Å². The molecule has 1 aliphatic carbocycles. The van der Waals surface area contributed by atoms with Crippen LogP contribution in [0.15, 0.2) is 18.2 Å². The number of amides is 3. The van der Waals surface area contributed by atoms with E-state index in [1.54, 1.807) is 26.2 Å². The number of ether oxygens (including phenoxy) is 2. The SMILES string of the molecule is COc1ccc(CCN(C)C(=O)NCCC(=O)NC2CCCC2)cc1OC. The predicted octanol–water partition coefficient (Wildman–Crippen LogP) is 2.34. The minimum absolute atomic E-state index is 0.00943. The Labute approximate surface area is 161 Å². The Morgan fingerprint density at radius 1 is 1.15 bits per heavy atom. The lowest BCUT2D eigenvalue weighted by Crippen LogP contribution is -2.41. The molecule has 3 amide bonds. The summed E-state index contributed by atoms with van der Waals surface area (Å²) in [6.07, 6.45) is 5.52. The number of likely N-dealkylation sites (N-methyl/N-ethyl adjacent to an activating group) is 1. The lowest BCUT2D eigenvalue weighted by atomic mass is 10.1. The predicted molar refractivity (Wildman–Crippen MR) is 104 cm³/mol. The number of hydrogen-bond acceptors (Lipinski definition) is 4. The van der Waals surface area contributed by atoms with Gasteiger partial charge < -0.3 is 25.0 Å². The zero-order valence-electron chi connectivity index (χ0n) is 16.5. The Morgan fingerprint density at radius 2 is 1.85 bits per heavy atom. The van der Waals surface area contributed by atoms with Crippen LogP contribution in [0.5, 0.6) is 11.5 Å². The van der Waals surface area contributed by atoms with Gasteiger partial charge in [-0.2, -0.15) is 0 Å². The third-order valence-corrected chi connectivity index (χ3v) is 4.88. The van der Waals surface area contributed by atoms with E-state index in [0.29, 0.717) is 43.5 Å². The maximum atomic E-state index is 12.2. The third kappa shape index (κ3) is 6.66. The average Bonchev–Trinajstić information content (AvgIpc) is 3.18. The molecule has 0 aromatic heterocycles. The maximum absolute atomic E-state index is 12.2. The molecule has 0 unspecified atom stereocenters. The van der Waals surface area contributed by atoms with Gasteiger partial charge in [-0.25, -0.2) is 4.79 Å². The van der Waals surface area contributed by atoms with Crippen LogP contribution >= 0.6 is 0 Å². The van der Waals surface area contributed by atoms with Gasteiger partial charge in [0, 0.05) is 32.6 Å². The van der Waals surface area contributed by atoms with Crippen molar-refractivity contribution in [2.45, 2.75) is 44.6 Å². The molecular formula is C20H31N3O4. The van der Waals surface area contributed by atoms with Crippen molar-refractivity contribution in [3.63, 3.8) is 0 Å². The second kappa shape index (κ2) is 10.6. The number of carbonyl (C=O) groups excluding carboxylic acids is 2. The standard InChI is InChI=1S/C20H31N3O4/c1-23(13-11-15-8-9-17(26-2)18(14-15)27-3)20(25)21-12-10-19(24)22-16-6-4-5-7-16/h8-9,14,16H,4-7,10-13H2,1-3H3,(H,21,25)(H,22,24). The molecule has 0 spiro atoms. The molecule has 0 radical (unpaired) electrons. The van der Waals surface area contributed by atoms with Gasteiger partial charge in [0.2, 0.25) is 5.91 Å². The molecule has 1 fully saturated rings. The van der Waals surface area contributed by atoms with Crippen molar-refractivity contribution in [1.29, 1.82) is 0 Å². The molecule has 7 nitrogen and oxygen atoms in total. The molecule has 1 aliphatic rings. The van der Waals surface area contributed by atoms with E-state index in [2.05, 4.69) is 10.6 Å². The molecule has 2 rings (SSSR count). The molecule has 2 N–H and O–H groups in total. The number of urea groups is 1. The van der Waals surface area contributed by atoms with Crippen LogP contribution in [0.1, 0.15) is 37.7 Å². The van der Waals surface area contributed by atoms with E-state index in [4.69, 9.17) is 9.47 Å². The average molecular weight is 377 g/mol. The van der Waals surface area contributed by atoms with Gasteiger partial charge in [0.25, 0.3) is 0 Å². The molecule has 7 heteroatoms. The smallest absolute Gasteiger partial charge is 0.317 e. The van der Waals surface area contributed by atoms with Crippen LogP contribution in [-0.4, -0.2) is 57.2 Å². The minimum atomic E-state index is -0.177. The maximum Gasteiger partial charge on any atom is 0.317 e. The first-order valence-corrected chi connectivity index (χ1v) is 9.52. The van der Waals surface area contributed by atoms with Crippen LogP contribution < -0.4 is 20.1 Å². The molecule has 0 saturated heterocycles. The third-order valence-electron chi connectivity index (χ3n) is 4.88. The van der Waals surface area contributed by atoms with E-state index >= 15 is 0 Å². The number of nitrogens with zero attached hydrogens (tertiary/aromatic N) is 1. The van der Waals surface area contributed by atoms with E-state index in [1.165, 1.54) is 12.8 Å². The Kier molecular flexibility index (Phi) is 8.23. The van der Waals surface area contributed by atoms with E-state index in [0.717, 1.165) is 18.4 Å². The normalized spacial score (nSPS) is 13.9. The van der Waals surface area contributed by atoms with Crippen LogP contribution in [0.3, 0.4) is 0 Å². The summed E-state index contributed by atoms with van der Waals surface area (Å²) in [5, 5.41) is 5.82. The van der Waals surface area contributed by atoms with Crippen molar-refractivity contribution in [2.24, 2.45) is 0 Å². The Balaban J connectivity index is 1.68. The quantitative estimate of drug-likeness (QED) is 0.692. The van der Waals surface area contributed by atoms with Gasteiger partial charge in [0.15, 0.2) is 11.5 Å². The molecule has 150 valence electrons. The second-order valence-electron chi connectivity index (χ2n) is 6.89. The lowest BCUT2D eigenvalue weighted by Gasteiger charge is -2.18. The topological polar surface area (TPSA) is 79.9 Å². The molecule has 1 aromatic carbocycles. The number of benzene rings is 1. The van der Waals surface area contributed by atoms with Crippen LogP contribution in [0.2, 0.25) is 0 Å². The summed E-state index contributed by atoms with van der Waals surface area (Å²) >= 11 is 0. The van der Waals surface area contributed by atoms with E-state index < -0.39 is 0 Å². The van der Waals surface area contributed by atoms with Crippen LogP contribution in [0.4, 0.5) is 4.79 Å². The fourth-order valence-electron chi connectivity index (χ4n) is 3.22. The summed E-state index contributed by atoms with van der Waals surface area (Å²) in [7, 11) is 4.95. The number of nitrogens with one attached hydrogen (secondary N) is 2. The summed E-state index contributed by atoms with van der Waals surface area (Å²) in [6, 6.07) is 5.87. The van der Waals surface area contributed by atoms with E-state index in [9.17, 15) is 9.59 Å². The Hall–Kier alpha value is -2.44. The van der Waals surface area contributed by atoms with Crippen molar-refractivity contribution in [3.8, 4) is 11.5 Å². The Bertz CT molecular complexity index is 630. The van der Waals surface area contributed by atoms with Crippen LogP contribution in [0.25, 0.3) is 0 Å². The van der Waals surface area contributed by atoms with Crippen molar-refractivity contribution in [1.82, 2.24) is 15.5 Å². The fourth-order valence-corrected chi connectivity index (χ4v) is 3.22. The van der Waals surface area contributed by atoms with Crippen molar-refractivity contribution >= 4 is 11.9 Å². The molecule has 0 bridgehead atoms. The number of rotatable bonds is 9. The van der Waals surface area contributed by atoms with Gasteiger partial charge in [-0.3, -0.25) is 4.79 Å². The van der Waals surface area contributed by atoms with Crippen molar-refractivity contribution in [3.05, 3.63) is 23.8 Å². The molecule has 1 aromatic rings.